The van der Waals surface area contributed by atoms with Crippen molar-refractivity contribution < 1.29 is 22.7 Å². The lowest BCUT2D eigenvalue weighted by atomic mass is 10.1. The van der Waals surface area contributed by atoms with E-state index in [1.54, 1.807) is 0 Å². The highest BCUT2D eigenvalue weighted by Crippen LogP contribution is 2.33. The van der Waals surface area contributed by atoms with E-state index >= 15 is 0 Å². The van der Waals surface area contributed by atoms with E-state index in [4.69, 9.17) is 4.74 Å². The Hall–Kier alpha value is -3.69. The van der Waals surface area contributed by atoms with Crippen LogP contribution in [0.4, 0.5) is 18.9 Å². The van der Waals surface area contributed by atoms with Gasteiger partial charge in [-0.15, -0.1) is 0 Å². The Morgan fingerprint density at radius 2 is 1.90 bits per heavy atom. The smallest absolute Gasteiger partial charge is 0.418 e. The zero-order valence-electron chi connectivity index (χ0n) is 15.3. The zero-order chi connectivity index (χ0) is 21.2. The van der Waals surface area contributed by atoms with Crippen LogP contribution in [0, 0.1) is 6.92 Å². The van der Waals surface area contributed by atoms with Gasteiger partial charge in [-0.2, -0.15) is 18.3 Å². The highest BCUT2D eigenvalue weighted by Gasteiger charge is 2.34. The van der Waals surface area contributed by atoms with Crippen molar-refractivity contribution in [1.29, 1.82) is 0 Å². The summed E-state index contributed by atoms with van der Waals surface area (Å²) in [5.41, 5.74) is -2.09. The molecule has 1 aromatic carbocycles. The Bertz CT molecular complexity index is 1110. The van der Waals surface area contributed by atoms with Crippen molar-refractivity contribution >= 4 is 11.6 Å². The number of rotatable bonds is 4. The molecule has 10 heteroatoms. The van der Waals surface area contributed by atoms with Crippen LogP contribution in [0.3, 0.4) is 0 Å². The second kappa shape index (κ2) is 7.74. The number of hydrogen-bond acceptors (Lipinski definition) is 5. The number of nitrogens with one attached hydrogen (secondary N) is 1. The second-order valence-electron chi connectivity index (χ2n) is 5.97. The number of methoxy groups -OCH3 is 1. The van der Waals surface area contributed by atoms with Crippen molar-refractivity contribution in [3.05, 3.63) is 75.8 Å². The molecule has 0 atom stereocenters. The highest BCUT2D eigenvalue weighted by atomic mass is 19.4. The molecule has 0 bridgehead atoms. The van der Waals surface area contributed by atoms with Gasteiger partial charge in [-0.05, 0) is 25.1 Å². The van der Waals surface area contributed by atoms with Crippen LogP contribution in [-0.2, 0) is 6.18 Å². The number of aryl methyl sites for hydroxylation is 1. The Labute approximate surface area is 162 Å². The Morgan fingerprint density at radius 3 is 2.52 bits per heavy atom. The van der Waals surface area contributed by atoms with Gasteiger partial charge in [0, 0.05) is 17.8 Å². The molecule has 3 rings (SSSR count). The summed E-state index contributed by atoms with van der Waals surface area (Å²) in [5, 5.41) is 6.33. The number of aromatic nitrogens is 3. The van der Waals surface area contributed by atoms with Gasteiger partial charge in [0.15, 0.2) is 5.69 Å². The summed E-state index contributed by atoms with van der Waals surface area (Å²) in [6.07, 6.45) is -3.33. The third-order valence-electron chi connectivity index (χ3n) is 3.96. The van der Waals surface area contributed by atoms with Gasteiger partial charge >= 0.3 is 6.18 Å². The van der Waals surface area contributed by atoms with Crippen molar-refractivity contribution in [2.24, 2.45) is 0 Å². The SMILES string of the molecule is COc1ccc(NC(=O)c2nn(-c3ccccc3C(F)(F)F)c(C)cc2=O)cn1. The Morgan fingerprint density at radius 1 is 1.17 bits per heavy atom. The fourth-order valence-electron chi connectivity index (χ4n) is 2.61. The van der Waals surface area contributed by atoms with Crippen LogP contribution in [0.2, 0.25) is 0 Å². The molecule has 0 saturated carbocycles. The van der Waals surface area contributed by atoms with Crippen LogP contribution < -0.4 is 15.5 Å². The summed E-state index contributed by atoms with van der Waals surface area (Å²) in [6.45, 7) is 1.43. The van der Waals surface area contributed by atoms with Gasteiger partial charge in [-0.1, -0.05) is 12.1 Å². The quantitative estimate of drug-likeness (QED) is 0.722. The van der Waals surface area contributed by atoms with Crippen molar-refractivity contribution in [1.82, 2.24) is 14.8 Å². The first-order chi connectivity index (χ1) is 13.7. The third kappa shape index (κ3) is 4.26. The molecule has 2 aromatic heterocycles. The van der Waals surface area contributed by atoms with E-state index in [1.807, 2.05) is 0 Å². The maximum atomic E-state index is 13.4. The minimum atomic E-state index is -4.63. The lowest BCUT2D eigenvalue weighted by Gasteiger charge is -2.16. The lowest BCUT2D eigenvalue weighted by Crippen LogP contribution is -2.27. The normalized spacial score (nSPS) is 11.2. The topological polar surface area (TPSA) is 86.1 Å². The number of halogens is 3. The van der Waals surface area contributed by atoms with Crippen LogP contribution in [0.1, 0.15) is 21.7 Å². The molecule has 3 aromatic rings. The fourth-order valence-corrected chi connectivity index (χ4v) is 2.61. The average molecular weight is 404 g/mol. The van der Waals surface area contributed by atoms with Gasteiger partial charge < -0.3 is 10.1 Å². The first-order valence-corrected chi connectivity index (χ1v) is 8.29. The number of nitrogens with zero attached hydrogens (tertiary/aromatic N) is 3. The molecule has 0 aliphatic rings. The minimum Gasteiger partial charge on any atom is -0.481 e. The molecule has 0 fully saturated rings. The van der Waals surface area contributed by atoms with Crippen molar-refractivity contribution in [2.75, 3.05) is 12.4 Å². The third-order valence-corrected chi connectivity index (χ3v) is 3.96. The Kier molecular flexibility index (Phi) is 5.35. The van der Waals surface area contributed by atoms with Gasteiger partial charge in [0.1, 0.15) is 0 Å². The number of benzene rings is 1. The average Bonchev–Trinajstić information content (AvgIpc) is 2.68. The molecule has 1 N–H and O–H groups in total. The van der Waals surface area contributed by atoms with E-state index in [9.17, 15) is 22.8 Å². The van der Waals surface area contributed by atoms with Crippen LogP contribution >= 0.6 is 0 Å². The number of anilines is 1. The maximum Gasteiger partial charge on any atom is 0.418 e. The summed E-state index contributed by atoms with van der Waals surface area (Å²) >= 11 is 0. The number of carbonyl (C=O) groups is 1. The van der Waals surface area contributed by atoms with Crippen LogP contribution in [0.5, 0.6) is 5.88 Å². The minimum absolute atomic E-state index is 0.148. The summed E-state index contributed by atoms with van der Waals surface area (Å²) in [4.78, 5) is 28.7. The maximum absolute atomic E-state index is 13.4. The van der Waals surface area contributed by atoms with Crippen molar-refractivity contribution in [2.45, 2.75) is 13.1 Å². The van der Waals surface area contributed by atoms with Gasteiger partial charge in [-0.25, -0.2) is 9.67 Å². The van der Waals surface area contributed by atoms with Crippen LogP contribution in [-0.4, -0.2) is 27.8 Å². The number of para-hydroxylation sites is 1. The molecule has 0 aliphatic heterocycles. The van der Waals surface area contributed by atoms with Gasteiger partial charge in [0.05, 0.1) is 30.2 Å². The molecule has 0 aliphatic carbocycles. The highest BCUT2D eigenvalue weighted by molar-refractivity contribution is 6.02. The number of carbonyl (C=O) groups excluding carboxylic acids is 1. The number of hydrogen-bond donors (Lipinski definition) is 1. The molecule has 0 saturated heterocycles. The molecule has 0 unspecified atom stereocenters. The van der Waals surface area contributed by atoms with Gasteiger partial charge in [0.2, 0.25) is 11.3 Å². The number of alkyl halides is 3. The zero-order valence-corrected chi connectivity index (χ0v) is 15.3. The van der Waals surface area contributed by atoms with E-state index in [0.29, 0.717) is 5.88 Å². The molecule has 150 valence electrons. The standard InChI is InChI=1S/C19H15F3N4O3/c1-11-9-15(27)17(18(28)24-12-7-8-16(29-2)23-10-12)25-26(11)14-6-4-3-5-13(14)19(20,21)22/h3-10H,1-2H3,(H,24,28). The van der Waals surface area contributed by atoms with E-state index in [1.165, 1.54) is 50.6 Å². The Balaban J connectivity index is 2.02. The molecule has 1 amide bonds. The lowest BCUT2D eigenvalue weighted by molar-refractivity contribution is -0.137. The molecule has 0 spiro atoms. The number of pyridine rings is 1. The van der Waals surface area contributed by atoms with E-state index in [-0.39, 0.29) is 17.1 Å². The molecule has 7 nitrogen and oxygen atoms in total. The molecular weight excluding hydrogens is 389 g/mol. The summed E-state index contributed by atoms with van der Waals surface area (Å²) in [7, 11) is 1.43. The first kappa shape index (κ1) is 20.1. The summed E-state index contributed by atoms with van der Waals surface area (Å²) in [5.74, 6) is -0.553. The van der Waals surface area contributed by atoms with Crippen molar-refractivity contribution in [3.8, 4) is 11.6 Å². The molecule has 0 radical (unpaired) electrons. The molecular formula is C19H15F3N4O3. The predicted molar refractivity (Wildman–Crippen MR) is 98.3 cm³/mol. The van der Waals surface area contributed by atoms with E-state index in [2.05, 4.69) is 15.4 Å². The monoisotopic (exact) mass is 404 g/mol. The molecule has 29 heavy (non-hydrogen) atoms. The van der Waals surface area contributed by atoms with E-state index < -0.39 is 28.8 Å². The van der Waals surface area contributed by atoms with E-state index in [0.717, 1.165) is 16.8 Å². The van der Waals surface area contributed by atoms with Gasteiger partial charge in [-0.3, -0.25) is 9.59 Å². The number of ether oxygens (including phenoxy) is 1. The van der Waals surface area contributed by atoms with Crippen LogP contribution in [0.15, 0.2) is 53.5 Å². The van der Waals surface area contributed by atoms with Crippen LogP contribution in [0.25, 0.3) is 5.69 Å². The second-order valence-corrected chi connectivity index (χ2v) is 5.97. The molecule has 2 heterocycles. The predicted octanol–water partition coefficient (Wildman–Crippen LogP) is 3.22. The van der Waals surface area contributed by atoms with Gasteiger partial charge in [0.25, 0.3) is 5.91 Å². The summed E-state index contributed by atoms with van der Waals surface area (Å²) < 4.78 is 45.9. The largest absolute Gasteiger partial charge is 0.481 e. The summed E-state index contributed by atoms with van der Waals surface area (Å²) in [6, 6.07) is 8.81. The fraction of sp³-hybridized carbons (Fsp3) is 0.158. The first-order valence-electron chi connectivity index (χ1n) is 8.29. The van der Waals surface area contributed by atoms with Crippen molar-refractivity contribution in [3.63, 3.8) is 0 Å². The number of amides is 1.